The second kappa shape index (κ2) is 15.2. The van der Waals surface area contributed by atoms with E-state index in [1.807, 2.05) is 19.2 Å². The van der Waals surface area contributed by atoms with Crippen molar-refractivity contribution < 1.29 is 43.8 Å². The lowest BCUT2D eigenvalue weighted by Crippen LogP contribution is -2.57. The van der Waals surface area contributed by atoms with Gasteiger partial charge in [0.25, 0.3) is 0 Å². The molecule has 35 heavy (non-hydrogen) atoms. The monoisotopic (exact) mass is 502 g/mol. The van der Waals surface area contributed by atoms with Gasteiger partial charge in [-0.2, -0.15) is 0 Å². The molecule has 0 aromatic carbocycles. The van der Waals surface area contributed by atoms with Gasteiger partial charge in [0.05, 0.1) is 12.5 Å². The molecule has 0 aliphatic rings. The summed E-state index contributed by atoms with van der Waals surface area (Å²) in [5, 5.41) is 24.8. The van der Waals surface area contributed by atoms with E-state index in [1.165, 1.54) is 0 Å². The molecule has 4 unspecified atom stereocenters. The minimum absolute atomic E-state index is 0.0616. The highest BCUT2D eigenvalue weighted by Gasteiger charge is 2.31. The molecule has 0 fully saturated rings. The molecule has 11 N–H and O–H groups in total. The van der Waals surface area contributed by atoms with Crippen LogP contribution in [0.2, 0.25) is 0 Å². The number of carbonyl (C=O) groups is 7. The van der Waals surface area contributed by atoms with Crippen LogP contribution in [0.4, 0.5) is 0 Å². The van der Waals surface area contributed by atoms with E-state index >= 15 is 0 Å². The minimum Gasteiger partial charge on any atom is -0.481 e. The van der Waals surface area contributed by atoms with Crippen LogP contribution >= 0.6 is 0 Å². The van der Waals surface area contributed by atoms with Gasteiger partial charge in [0.2, 0.25) is 29.5 Å². The maximum absolute atomic E-state index is 12.8. The van der Waals surface area contributed by atoms with Crippen molar-refractivity contribution in [2.24, 2.45) is 23.1 Å². The van der Waals surface area contributed by atoms with Crippen LogP contribution < -0.4 is 33.2 Å². The van der Waals surface area contributed by atoms with E-state index in [-0.39, 0.29) is 25.2 Å². The minimum atomic E-state index is -1.70. The predicted octanol–water partition coefficient (Wildman–Crippen LogP) is -3.10. The van der Waals surface area contributed by atoms with Gasteiger partial charge >= 0.3 is 11.9 Å². The summed E-state index contributed by atoms with van der Waals surface area (Å²) in [7, 11) is 0. The maximum Gasteiger partial charge on any atom is 0.326 e. The second-order valence-corrected chi connectivity index (χ2v) is 8.37. The van der Waals surface area contributed by atoms with Gasteiger partial charge in [-0.1, -0.05) is 13.8 Å². The summed E-state index contributed by atoms with van der Waals surface area (Å²) in [6, 6.07) is -5.58. The van der Waals surface area contributed by atoms with E-state index in [0.717, 1.165) is 0 Å². The third-order valence-corrected chi connectivity index (χ3v) is 4.67. The smallest absolute Gasteiger partial charge is 0.326 e. The molecular formula is C20H34N6O9. The Morgan fingerprint density at radius 1 is 0.714 bits per heavy atom. The molecule has 0 spiro atoms. The Morgan fingerprint density at radius 2 is 1.17 bits per heavy atom. The fraction of sp³-hybridized carbons (Fsp3) is 0.650. The lowest BCUT2D eigenvalue weighted by molar-refractivity contribution is -0.144. The van der Waals surface area contributed by atoms with Gasteiger partial charge in [-0.15, -0.1) is 0 Å². The maximum atomic E-state index is 12.8. The molecular weight excluding hydrogens is 468 g/mol. The number of carbonyl (C=O) groups excluding carboxylic acids is 5. The van der Waals surface area contributed by atoms with Crippen molar-refractivity contribution in [2.45, 2.75) is 76.5 Å². The van der Waals surface area contributed by atoms with Crippen molar-refractivity contribution in [1.82, 2.24) is 16.0 Å². The van der Waals surface area contributed by atoms with Crippen LogP contribution in [0.1, 0.15) is 52.4 Å². The van der Waals surface area contributed by atoms with Crippen LogP contribution in [0.3, 0.4) is 0 Å². The zero-order valence-corrected chi connectivity index (χ0v) is 19.6. The summed E-state index contributed by atoms with van der Waals surface area (Å²) >= 11 is 0. The van der Waals surface area contributed by atoms with Crippen LogP contribution in [0.25, 0.3) is 0 Å². The third kappa shape index (κ3) is 13.5. The Labute approximate surface area is 201 Å². The van der Waals surface area contributed by atoms with Crippen LogP contribution in [-0.2, 0) is 33.6 Å². The van der Waals surface area contributed by atoms with Crippen LogP contribution in [0.5, 0.6) is 0 Å². The standard InChI is InChI=1S/C20H34N6O9/c1-9(2)7-10(21)17(31)24-12(4-6-16(29)30)18(32)25-11(3-5-14(22)27)19(33)26-13(20(34)35)8-15(23)28/h9-13H,3-8,21H2,1-2H3,(H2,22,27)(H2,23,28)(H,24,31)(H,25,32)(H,26,33)(H,29,30)(H,34,35). The highest BCUT2D eigenvalue weighted by atomic mass is 16.4. The number of carboxylic acid groups (broad SMARTS) is 2. The first-order valence-corrected chi connectivity index (χ1v) is 10.8. The van der Waals surface area contributed by atoms with Gasteiger partial charge in [0.15, 0.2) is 0 Å². The molecule has 0 heterocycles. The van der Waals surface area contributed by atoms with Gasteiger partial charge in [-0.05, 0) is 25.2 Å². The molecule has 0 aliphatic heterocycles. The number of rotatable bonds is 17. The van der Waals surface area contributed by atoms with Crippen LogP contribution in [-0.4, -0.2) is 75.9 Å². The summed E-state index contributed by atoms with van der Waals surface area (Å²) in [4.78, 5) is 82.4. The number of hydrogen-bond donors (Lipinski definition) is 8. The number of primary amides is 2. The normalized spacial score (nSPS) is 14.2. The van der Waals surface area contributed by atoms with Gasteiger partial charge in [0, 0.05) is 12.8 Å². The van der Waals surface area contributed by atoms with E-state index in [4.69, 9.17) is 22.3 Å². The zero-order chi connectivity index (χ0) is 27.3. The molecule has 198 valence electrons. The van der Waals surface area contributed by atoms with E-state index in [1.54, 1.807) is 0 Å². The summed E-state index contributed by atoms with van der Waals surface area (Å²) in [5.74, 6) is -7.33. The van der Waals surface area contributed by atoms with Crippen molar-refractivity contribution in [3.63, 3.8) is 0 Å². The molecule has 4 atom stereocenters. The van der Waals surface area contributed by atoms with Gasteiger partial charge in [-0.3, -0.25) is 28.8 Å². The van der Waals surface area contributed by atoms with E-state index in [2.05, 4.69) is 10.6 Å². The van der Waals surface area contributed by atoms with Crippen molar-refractivity contribution in [1.29, 1.82) is 0 Å². The van der Waals surface area contributed by atoms with E-state index in [0.29, 0.717) is 6.42 Å². The number of carboxylic acids is 2. The lowest BCUT2D eigenvalue weighted by Gasteiger charge is -2.25. The molecule has 0 aromatic heterocycles. The number of amides is 5. The molecule has 15 heteroatoms. The average molecular weight is 503 g/mol. The highest BCUT2D eigenvalue weighted by Crippen LogP contribution is 2.07. The molecule has 0 bridgehead atoms. The second-order valence-electron chi connectivity index (χ2n) is 8.37. The molecule has 0 saturated heterocycles. The Balaban J connectivity index is 5.65. The summed E-state index contributed by atoms with van der Waals surface area (Å²) in [6.07, 6.45) is -2.01. The molecule has 0 aromatic rings. The number of nitrogens with one attached hydrogen (secondary N) is 3. The van der Waals surface area contributed by atoms with Gasteiger partial charge < -0.3 is 43.4 Å². The largest absolute Gasteiger partial charge is 0.481 e. The topological polar surface area (TPSA) is 274 Å². The third-order valence-electron chi connectivity index (χ3n) is 4.67. The molecule has 5 amide bonds. The zero-order valence-electron chi connectivity index (χ0n) is 19.6. The predicted molar refractivity (Wildman–Crippen MR) is 120 cm³/mol. The first kappa shape index (κ1) is 31.2. The van der Waals surface area contributed by atoms with Crippen LogP contribution in [0.15, 0.2) is 0 Å². The number of aliphatic carboxylic acids is 2. The van der Waals surface area contributed by atoms with E-state index < -0.39 is 78.5 Å². The Kier molecular flexibility index (Phi) is 13.6. The quantitative estimate of drug-likeness (QED) is 0.0991. The fourth-order valence-electron chi connectivity index (χ4n) is 2.93. The summed E-state index contributed by atoms with van der Waals surface area (Å²) in [5.41, 5.74) is 15.9. The lowest BCUT2D eigenvalue weighted by atomic mass is 10.0. The average Bonchev–Trinajstić information content (AvgIpc) is 2.71. The van der Waals surface area contributed by atoms with E-state index in [9.17, 15) is 38.7 Å². The fourth-order valence-corrected chi connectivity index (χ4v) is 2.93. The highest BCUT2D eigenvalue weighted by molar-refractivity contribution is 5.95. The first-order chi connectivity index (χ1) is 16.1. The number of hydrogen-bond acceptors (Lipinski definition) is 8. The number of nitrogens with two attached hydrogens (primary N) is 3. The molecule has 0 aliphatic carbocycles. The van der Waals surface area contributed by atoms with Crippen molar-refractivity contribution in [3.05, 3.63) is 0 Å². The van der Waals surface area contributed by atoms with Crippen molar-refractivity contribution in [3.8, 4) is 0 Å². The Morgan fingerprint density at radius 3 is 1.57 bits per heavy atom. The summed E-state index contributed by atoms with van der Waals surface area (Å²) in [6.45, 7) is 3.65. The Bertz CT molecular complexity index is 817. The first-order valence-electron chi connectivity index (χ1n) is 10.8. The van der Waals surface area contributed by atoms with Crippen molar-refractivity contribution in [2.75, 3.05) is 0 Å². The Hall–Kier alpha value is -3.75. The molecule has 0 saturated carbocycles. The van der Waals surface area contributed by atoms with Gasteiger partial charge in [0.1, 0.15) is 18.1 Å². The molecule has 15 nitrogen and oxygen atoms in total. The van der Waals surface area contributed by atoms with Crippen LogP contribution in [0, 0.1) is 5.92 Å². The SMILES string of the molecule is CC(C)CC(N)C(=O)NC(CCC(=O)O)C(=O)NC(CCC(N)=O)C(=O)NC(CC(N)=O)C(=O)O. The van der Waals surface area contributed by atoms with Crippen molar-refractivity contribution >= 4 is 41.5 Å². The molecule has 0 radical (unpaired) electrons. The summed E-state index contributed by atoms with van der Waals surface area (Å²) < 4.78 is 0. The van der Waals surface area contributed by atoms with Gasteiger partial charge in [-0.25, -0.2) is 4.79 Å². The molecule has 0 rings (SSSR count).